The fourth-order valence-electron chi connectivity index (χ4n) is 5.10. The van der Waals surface area contributed by atoms with E-state index in [-0.39, 0.29) is 18.8 Å². The molecule has 1 aliphatic heterocycles. The lowest BCUT2D eigenvalue weighted by Crippen LogP contribution is -2.45. The normalized spacial score (nSPS) is 14.8. The number of carbonyl (C=O) groups is 2. The summed E-state index contributed by atoms with van der Waals surface area (Å²) in [7, 11) is 1.27. The number of esters is 1. The van der Waals surface area contributed by atoms with Gasteiger partial charge in [-0.05, 0) is 80.3 Å². The third-order valence-electron chi connectivity index (χ3n) is 7.29. The smallest absolute Gasteiger partial charge is 0.337 e. The summed E-state index contributed by atoms with van der Waals surface area (Å²) in [5.41, 5.74) is 6.25. The van der Waals surface area contributed by atoms with E-state index in [4.69, 9.17) is 46.9 Å². The lowest BCUT2D eigenvalue weighted by molar-refractivity contribution is -0.136. The molecule has 0 unspecified atom stereocenters. The van der Waals surface area contributed by atoms with Gasteiger partial charge in [0, 0.05) is 11.3 Å². The van der Waals surface area contributed by atoms with E-state index in [1.165, 1.54) is 7.11 Å². The van der Waals surface area contributed by atoms with Crippen molar-refractivity contribution in [3.05, 3.63) is 105 Å². The number of carbonyl (C=O) groups excluding carboxylic acids is 2. The third-order valence-corrected chi connectivity index (χ3v) is 8.03. The number of hydrogen-bond acceptors (Lipinski definition) is 10. The molecule has 0 saturated carbocycles. The molecule has 2 atom stereocenters. The van der Waals surface area contributed by atoms with Gasteiger partial charge in [-0.3, -0.25) is 5.43 Å². The molecule has 1 aliphatic rings. The van der Waals surface area contributed by atoms with Gasteiger partial charge in [0.15, 0.2) is 29.2 Å². The number of nitrogens with one attached hydrogen (secondary N) is 3. The van der Waals surface area contributed by atoms with E-state index in [2.05, 4.69) is 27.7 Å². The van der Waals surface area contributed by atoms with Crippen LogP contribution in [0.3, 0.4) is 0 Å². The highest BCUT2D eigenvalue weighted by Gasteiger charge is 2.32. The molecule has 3 aromatic carbocycles. The zero-order valence-corrected chi connectivity index (χ0v) is 29.7. The minimum atomic E-state index is -1.19. The second kappa shape index (κ2) is 18.2. The third kappa shape index (κ3) is 9.84. The first-order valence-corrected chi connectivity index (χ1v) is 16.5. The van der Waals surface area contributed by atoms with Gasteiger partial charge in [-0.2, -0.15) is 5.10 Å². The minimum Gasteiger partial charge on any atom is -0.490 e. The van der Waals surface area contributed by atoms with Crippen molar-refractivity contribution < 1.29 is 38.4 Å². The van der Waals surface area contributed by atoms with Crippen molar-refractivity contribution in [1.82, 2.24) is 16.1 Å². The molecule has 266 valence electrons. The van der Waals surface area contributed by atoms with Crippen LogP contribution in [0.15, 0.2) is 77.6 Å². The average Bonchev–Trinajstić information content (AvgIpc) is 3.08. The van der Waals surface area contributed by atoms with Crippen molar-refractivity contribution >= 4 is 41.4 Å². The Labute approximate surface area is 301 Å². The number of amides is 2. The van der Waals surface area contributed by atoms with E-state index in [9.17, 15) is 14.7 Å². The van der Waals surface area contributed by atoms with Crippen molar-refractivity contribution in [3.63, 3.8) is 0 Å². The topological polar surface area (TPSA) is 149 Å². The zero-order valence-electron chi connectivity index (χ0n) is 28.2. The van der Waals surface area contributed by atoms with Crippen molar-refractivity contribution in [2.24, 2.45) is 5.10 Å². The van der Waals surface area contributed by atoms with Crippen LogP contribution in [0.5, 0.6) is 23.0 Å². The van der Waals surface area contributed by atoms with Crippen LogP contribution < -0.4 is 35.0 Å². The van der Waals surface area contributed by atoms with Crippen LogP contribution in [0.1, 0.15) is 49.1 Å². The SMILES string of the molecule is C=CCc1cc(/C=N\N[C@@H](O)COc2ccc([C@@H]3NC(=O)NC(C)=C3C(=O)OC)cc2OCC)cc(OCC)c1OCc1ccc(Cl)c(Cl)c1. The van der Waals surface area contributed by atoms with Gasteiger partial charge in [0.05, 0.1) is 48.2 Å². The molecule has 3 aromatic rings. The Morgan fingerprint density at radius 3 is 2.48 bits per heavy atom. The van der Waals surface area contributed by atoms with Gasteiger partial charge in [0.2, 0.25) is 0 Å². The van der Waals surface area contributed by atoms with E-state index in [1.807, 2.05) is 26.0 Å². The molecule has 2 amide bonds. The van der Waals surface area contributed by atoms with Crippen LogP contribution in [0, 0.1) is 0 Å². The van der Waals surface area contributed by atoms with E-state index in [0.717, 1.165) is 11.1 Å². The Balaban J connectivity index is 1.44. The van der Waals surface area contributed by atoms with Gasteiger partial charge < -0.3 is 39.4 Å². The maximum atomic E-state index is 12.5. The number of methoxy groups -OCH3 is 1. The Bertz CT molecular complexity index is 1760. The highest BCUT2D eigenvalue weighted by atomic mass is 35.5. The van der Waals surface area contributed by atoms with Crippen molar-refractivity contribution in [2.45, 2.75) is 46.1 Å². The van der Waals surface area contributed by atoms with Gasteiger partial charge in [-0.15, -0.1) is 6.58 Å². The molecule has 0 aromatic heterocycles. The standard InChI is InChI=1S/C36H40Cl2N4O8/c1-6-9-25-14-23(16-30(48-8-3)34(25)50-19-22-10-12-26(37)27(38)15-22)18-39-42-31(43)20-49-28-13-11-24(17-29(28)47-7-2)33-32(35(44)46-5)21(4)40-36(45)41-33/h6,10-18,31,33,42-43H,1,7-9,19-20H2,2-5H3,(H2,40,41,45)/b39-18-/t31-,33-/m0/s1. The van der Waals surface area contributed by atoms with E-state index >= 15 is 0 Å². The molecule has 1 heterocycles. The second-order valence-corrected chi connectivity index (χ2v) is 11.7. The van der Waals surface area contributed by atoms with Gasteiger partial charge in [0.25, 0.3) is 0 Å². The predicted octanol–water partition coefficient (Wildman–Crippen LogP) is 6.22. The largest absolute Gasteiger partial charge is 0.490 e. The molecule has 12 nitrogen and oxygen atoms in total. The van der Waals surface area contributed by atoms with E-state index in [0.29, 0.717) is 69.5 Å². The first kappa shape index (κ1) is 37.9. The van der Waals surface area contributed by atoms with Gasteiger partial charge in [-0.25, -0.2) is 9.59 Å². The Morgan fingerprint density at radius 2 is 1.78 bits per heavy atom. The fourth-order valence-corrected chi connectivity index (χ4v) is 5.42. The molecule has 0 saturated heterocycles. The summed E-state index contributed by atoms with van der Waals surface area (Å²) in [5, 5.41) is 21.0. The fraction of sp³-hybridized carbons (Fsp3) is 0.306. The second-order valence-electron chi connectivity index (χ2n) is 10.9. The minimum absolute atomic E-state index is 0.180. The number of allylic oxidation sites excluding steroid dienone is 2. The number of hydrogen-bond donors (Lipinski definition) is 4. The van der Waals surface area contributed by atoms with Gasteiger partial charge >= 0.3 is 12.0 Å². The lowest BCUT2D eigenvalue weighted by Gasteiger charge is -2.28. The summed E-state index contributed by atoms with van der Waals surface area (Å²) in [6.07, 6.45) is 2.63. The molecule has 4 rings (SSSR count). The highest BCUT2D eigenvalue weighted by Crippen LogP contribution is 2.36. The predicted molar refractivity (Wildman–Crippen MR) is 191 cm³/mol. The molecular weight excluding hydrogens is 687 g/mol. The van der Waals surface area contributed by atoms with E-state index < -0.39 is 24.3 Å². The number of hydrazone groups is 1. The van der Waals surface area contributed by atoms with Crippen molar-refractivity contribution in [1.29, 1.82) is 0 Å². The number of rotatable bonds is 17. The first-order valence-electron chi connectivity index (χ1n) is 15.8. The Hall–Kier alpha value is -4.91. The summed E-state index contributed by atoms with van der Waals surface area (Å²) >= 11 is 12.2. The number of ether oxygens (including phenoxy) is 5. The molecule has 0 fully saturated rings. The molecule has 14 heteroatoms. The number of benzene rings is 3. The van der Waals surface area contributed by atoms with Crippen LogP contribution in [-0.2, 0) is 22.6 Å². The number of urea groups is 1. The maximum Gasteiger partial charge on any atom is 0.337 e. The van der Waals surface area contributed by atoms with Crippen LogP contribution in [-0.4, -0.2) is 56.5 Å². The summed E-state index contributed by atoms with van der Waals surface area (Å²) in [5.74, 6) is 1.21. The van der Waals surface area contributed by atoms with Crippen LogP contribution in [0.2, 0.25) is 10.0 Å². The summed E-state index contributed by atoms with van der Waals surface area (Å²) < 4.78 is 28.6. The van der Waals surface area contributed by atoms with Gasteiger partial charge in [-0.1, -0.05) is 41.4 Å². The summed E-state index contributed by atoms with van der Waals surface area (Å²) in [6, 6.07) is 12.8. The number of aliphatic hydroxyl groups is 1. The summed E-state index contributed by atoms with van der Waals surface area (Å²) in [4.78, 5) is 24.7. The number of aliphatic hydroxyl groups excluding tert-OH is 1. The van der Waals surface area contributed by atoms with Crippen LogP contribution >= 0.6 is 23.2 Å². The van der Waals surface area contributed by atoms with Crippen molar-refractivity contribution in [2.75, 3.05) is 26.9 Å². The average molecular weight is 728 g/mol. The van der Waals surface area contributed by atoms with Crippen LogP contribution in [0.4, 0.5) is 4.79 Å². The van der Waals surface area contributed by atoms with E-state index in [1.54, 1.807) is 55.6 Å². The molecule has 0 aliphatic carbocycles. The quantitative estimate of drug-likeness (QED) is 0.0418. The monoisotopic (exact) mass is 726 g/mol. The zero-order chi connectivity index (χ0) is 36.2. The molecule has 0 radical (unpaired) electrons. The van der Waals surface area contributed by atoms with Crippen LogP contribution in [0.25, 0.3) is 0 Å². The highest BCUT2D eigenvalue weighted by molar-refractivity contribution is 6.42. The Kier molecular flexibility index (Phi) is 13.8. The summed E-state index contributed by atoms with van der Waals surface area (Å²) in [6.45, 7) is 9.97. The molecule has 50 heavy (non-hydrogen) atoms. The number of halogens is 2. The molecular formula is C36H40Cl2N4O8. The lowest BCUT2D eigenvalue weighted by atomic mass is 9.95. The maximum absolute atomic E-state index is 12.5. The number of nitrogens with zero attached hydrogens (tertiary/aromatic N) is 1. The first-order chi connectivity index (χ1) is 24.1. The molecule has 0 spiro atoms. The molecule has 4 N–H and O–H groups in total. The van der Waals surface area contributed by atoms with Crippen molar-refractivity contribution in [3.8, 4) is 23.0 Å². The van der Waals surface area contributed by atoms with Gasteiger partial charge in [0.1, 0.15) is 13.2 Å². The molecule has 0 bridgehead atoms. The Morgan fingerprint density at radius 1 is 1.02 bits per heavy atom.